The highest BCUT2D eigenvalue weighted by atomic mass is 16.5. The highest BCUT2D eigenvalue weighted by Crippen LogP contribution is 2.36. The maximum atomic E-state index is 12.8. The highest BCUT2D eigenvalue weighted by Gasteiger charge is 2.31. The van der Waals surface area contributed by atoms with Crippen LogP contribution in [-0.4, -0.2) is 31.1 Å². The Balaban J connectivity index is 1.38. The van der Waals surface area contributed by atoms with Gasteiger partial charge in [-0.2, -0.15) is 0 Å². The van der Waals surface area contributed by atoms with Crippen LogP contribution >= 0.6 is 0 Å². The predicted molar refractivity (Wildman–Crippen MR) is 130 cm³/mol. The Bertz CT molecular complexity index is 967. The van der Waals surface area contributed by atoms with Crippen molar-refractivity contribution < 1.29 is 19.1 Å². The molecule has 1 atom stereocenters. The van der Waals surface area contributed by atoms with E-state index in [4.69, 9.17) is 9.47 Å². The number of benzene rings is 2. The van der Waals surface area contributed by atoms with E-state index in [1.807, 2.05) is 49.4 Å². The summed E-state index contributed by atoms with van der Waals surface area (Å²) in [5.41, 5.74) is 2.51. The van der Waals surface area contributed by atoms with Gasteiger partial charge < -0.3 is 19.7 Å². The van der Waals surface area contributed by atoms with Crippen LogP contribution in [0.3, 0.4) is 0 Å². The number of fused-ring (bicyclic) bond motifs is 1. The van der Waals surface area contributed by atoms with Crippen molar-refractivity contribution in [3.8, 4) is 11.5 Å². The Morgan fingerprint density at radius 1 is 1.12 bits per heavy atom. The van der Waals surface area contributed by atoms with Gasteiger partial charge in [0.05, 0.1) is 12.2 Å². The number of nitrogens with zero attached hydrogens (tertiary/aromatic N) is 1. The van der Waals surface area contributed by atoms with E-state index in [0.29, 0.717) is 42.6 Å². The van der Waals surface area contributed by atoms with Gasteiger partial charge in [-0.25, -0.2) is 0 Å². The second-order valence-corrected chi connectivity index (χ2v) is 9.18. The van der Waals surface area contributed by atoms with Crippen LogP contribution in [0.25, 0.3) is 0 Å². The normalized spacial score (nSPS) is 18.4. The molecule has 33 heavy (non-hydrogen) atoms. The minimum atomic E-state index is -0.562. The summed E-state index contributed by atoms with van der Waals surface area (Å²) in [5.74, 6) is 1.98. The van der Waals surface area contributed by atoms with Gasteiger partial charge in [0, 0.05) is 12.1 Å². The number of ether oxygens (including phenoxy) is 2. The largest absolute Gasteiger partial charge is 0.492 e. The molecule has 2 aromatic rings. The van der Waals surface area contributed by atoms with Gasteiger partial charge in [0.1, 0.15) is 18.1 Å². The van der Waals surface area contributed by atoms with Crippen molar-refractivity contribution in [3.63, 3.8) is 0 Å². The number of hydrogen-bond donors (Lipinski definition) is 1. The van der Waals surface area contributed by atoms with Crippen LogP contribution in [0.1, 0.15) is 57.4 Å². The Kier molecular flexibility index (Phi) is 7.53. The van der Waals surface area contributed by atoms with Crippen LogP contribution in [0.15, 0.2) is 42.5 Å². The lowest BCUT2D eigenvalue weighted by molar-refractivity contribution is -0.125. The summed E-state index contributed by atoms with van der Waals surface area (Å²) in [5, 5.41) is 3.00. The molecule has 1 aliphatic carbocycles. The molecule has 2 aromatic carbocycles. The molecule has 0 saturated heterocycles. The first-order valence-corrected chi connectivity index (χ1v) is 12.1. The molecule has 6 heteroatoms. The van der Waals surface area contributed by atoms with Crippen molar-refractivity contribution in [3.05, 3.63) is 48.0 Å². The zero-order valence-corrected chi connectivity index (χ0v) is 19.6. The molecular weight excluding hydrogens is 416 g/mol. The number of nitrogens with one attached hydrogen (secondary N) is 1. The SMILES string of the molecule is Cc1ccc(OCCN2C(=O)C(C)Oc3ccc(NC(=O)CCC4CCCCC4)cc32)cc1. The molecule has 4 rings (SSSR count). The molecule has 0 bridgehead atoms. The van der Waals surface area contributed by atoms with Crippen molar-refractivity contribution in [2.75, 3.05) is 23.4 Å². The van der Waals surface area contributed by atoms with Gasteiger partial charge in [-0.1, -0.05) is 49.8 Å². The Morgan fingerprint density at radius 2 is 1.88 bits per heavy atom. The number of rotatable bonds is 8. The average molecular weight is 451 g/mol. The molecule has 1 unspecified atom stereocenters. The lowest BCUT2D eigenvalue weighted by atomic mass is 9.86. The van der Waals surface area contributed by atoms with Gasteiger partial charge in [0.25, 0.3) is 5.91 Å². The van der Waals surface area contributed by atoms with Gasteiger partial charge in [0.15, 0.2) is 6.10 Å². The smallest absolute Gasteiger partial charge is 0.267 e. The first-order chi connectivity index (χ1) is 16.0. The summed E-state index contributed by atoms with van der Waals surface area (Å²) < 4.78 is 11.6. The fraction of sp³-hybridized carbons (Fsp3) is 0.481. The van der Waals surface area contributed by atoms with Crippen molar-refractivity contribution in [2.45, 2.75) is 64.9 Å². The van der Waals surface area contributed by atoms with Gasteiger partial charge in [0.2, 0.25) is 5.91 Å². The number of carbonyl (C=O) groups is 2. The minimum Gasteiger partial charge on any atom is -0.492 e. The van der Waals surface area contributed by atoms with Gasteiger partial charge in [-0.15, -0.1) is 0 Å². The van der Waals surface area contributed by atoms with Crippen LogP contribution in [0.2, 0.25) is 0 Å². The standard InChI is InChI=1S/C27H34N2O4/c1-19-8-12-23(13-9-19)32-17-16-29-24-18-22(11-14-25(24)33-20(2)27(29)31)28-26(30)15-10-21-6-4-3-5-7-21/h8-9,11-14,18,20-21H,3-7,10,15-17H2,1-2H3,(H,28,30). The van der Waals surface area contributed by atoms with Crippen LogP contribution in [0.5, 0.6) is 11.5 Å². The number of hydrogen-bond acceptors (Lipinski definition) is 4. The van der Waals surface area contributed by atoms with Crippen molar-refractivity contribution in [1.82, 2.24) is 0 Å². The van der Waals surface area contributed by atoms with E-state index in [0.717, 1.165) is 12.2 Å². The third kappa shape index (κ3) is 6.06. The summed E-state index contributed by atoms with van der Waals surface area (Å²) in [6.45, 7) is 4.53. The monoisotopic (exact) mass is 450 g/mol. The summed E-state index contributed by atoms with van der Waals surface area (Å²) in [6.07, 6.45) is 7.28. The fourth-order valence-corrected chi connectivity index (χ4v) is 4.64. The average Bonchev–Trinajstić information content (AvgIpc) is 2.82. The molecule has 0 radical (unpaired) electrons. The zero-order valence-electron chi connectivity index (χ0n) is 19.6. The first kappa shape index (κ1) is 23.1. The van der Waals surface area contributed by atoms with Crippen molar-refractivity contribution >= 4 is 23.2 Å². The Labute approximate surface area is 196 Å². The van der Waals surface area contributed by atoms with Gasteiger partial charge >= 0.3 is 0 Å². The van der Waals surface area contributed by atoms with E-state index in [2.05, 4.69) is 5.32 Å². The molecule has 176 valence electrons. The molecule has 1 saturated carbocycles. The zero-order chi connectivity index (χ0) is 23.2. The summed E-state index contributed by atoms with van der Waals surface area (Å²) >= 11 is 0. The summed E-state index contributed by atoms with van der Waals surface area (Å²) in [4.78, 5) is 27.1. The molecule has 1 aliphatic heterocycles. The maximum Gasteiger partial charge on any atom is 0.267 e. The topological polar surface area (TPSA) is 67.9 Å². The summed E-state index contributed by atoms with van der Waals surface area (Å²) in [6, 6.07) is 13.3. The highest BCUT2D eigenvalue weighted by molar-refractivity contribution is 6.01. The van der Waals surface area contributed by atoms with Gasteiger partial charge in [-0.05, 0) is 56.5 Å². The molecule has 1 N–H and O–H groups in total. The molecule has 2 amide bonds. The van der Waals surface area contributed by atoms with E-state index in [1.165, 1.54) is 37.7 Å². The summed E-state index contributed by atoms with van der Waals surface area (Å²) in [7, 11) is 0. The molecule has 0 aromatic heterocycles. The van der Waals surface area contributed by atoms with E-state index >= 15 is 0 Å². The van der Waals surface area contributed by atoms with Crippen LogP contribution in [0, 0.1) is 12.8 Å². The lowest BCUT2D eigenvalue weighted by Gasteiger charge is -2.33. The van der Waals surface area contributed by atoms with Crippen LogP contribution in [0.4, 0.5) is 11.4 Å². The van der Waals surface area contributed by atoms with Crippen LogP contribution < -0.4 is 19.7 Å². The second kappa shape index (κ2) is 10.7. The number of carbonyl (C=O) groups excluding carboxylic acids is 2. The molecule has 2 aliphatic rings. The Hall–Kier alpha value is -3.02. The van der Waals surface area contributed by atoms with Crippen molar-refractivity contribution in [1.29, 1.82) is 0 Å². The first-order valence-electron chi connectivity index (χ1n) is 12.1. The van der Waals surface area contributed by atoms with Crippen molar-refractivity contribution in [2.24, 2.45) is 5.92 Å². The molecule has 0 spiro atoms. The van der Waals surface area contributed by atoms with E-state index in [9.17, 15) is 9.59 Å². The van der Waals surface area contributed by atoms with E-state index < -0.39 is 6.10 Å². The Morgan fingerprint density at radius 3 is 2.64 bits per heavy atom. The minimum absolute atomic E-state index is 0.0196. The number of aryl methyl sites for hydroxylation is 1. The predicted octanol–water partition coefficient (Wildman–Crippen LogP) is 5.49. The number of anilines is 2. The third-order valence-electron chi connectivity index (χ3n) is 6.56. The quantitative estimate of drug-likeness (QED) is 0.578. The van der Waals surface area contributed by atoms with E-state index in [1.54, 1.807) is 11.8 Å². The van der Waals surface area contributed by atoms with Crippen LogP contribution in [-0.2, 0) is 9.59 Å². The lowest BCUT2D eigenvalue weighted by Crippen LogP contribution is -2.46. The number of amides is 2. The van der Waals surface area contributed by atoms with E-state index in [-0.39, 0.29) is 11.8 Å². The third-order valence-corrected chi connectivity index (χ3v) is 6.56. The molecular formula is C27H34N2O4. The maximum absolute atomic E-state index is 12.8. The second-order valence-electron chi connectivity index (χ2n) is 9.18. The molecule has 1 heterocycles. The molecule has 1 fully saturated rings. The van der Waals surface area contributed by atoms with Gasteiger partial charge in [-0.3, -0.25) is 9.59 Å². The fourth-order valence-electron chi connectivity index (χ4n) is 4.64. The molecule has 6 nitrogen and oxygen atoms in total.